The van der Waals surface area contributed by atoms with Crippen LogP contribution in [-0.2, 0) is 16.6 Å². The Morgan fingerprint density at radius 3 is 2.36 bits per heavy atom. The highest BCUT2D eigenvalue weighted by atomic mass is 32.2. The van der Waals surface area contributed by atoms with Crippen molar-refractivity contribution >= 4 is 21.6 Å². The second-order valence-electron chi connectivity index (χ2n) is 8.21. The minimum absolute atomic E-state index is 0.140. The van der Waals surface area contributed by atoms with Crippen molar-refractivity contribution < 1.29 is 17.9 Å². The molecule has 0 atom stereocenters. The first kappa shape index (κ1) is 23.0. The van der Waals surface area contributed by atoms with E-state index in [0.717, 1.165) is 29.8 Å². The molecule has 8 nitrogen and oxygen atoms in total. The Hall–Kier alpha value is -3.17. The molecule has 0 saturated carbocycles. The molecule has 1 aliphatic rings. The number of amides is 1. The van der Waals surface area contributed by atoms with Gasteiger partial charge in [0.15, 0.2) is 0 Å². The molecule has 33 heavy (non-hydrogen) atoms. The minimum atomic E-state index is -3.61. The van der Waals surface area contributed by atoms with E-state index in [1.165, 1.54) is 23.5 Å². The van der Waals surface area contributed by atoms with Crippen LogP contribution in [0, 0.1) is 13.8 Å². The lowest BCUT2D eigenvalue weighted by Gasteiger charge is -2.17. The highest BCUT2D eigenvalue weighted by Gasteiger charge is 2.28. The summed E-state index contributed by atoms with van der Waals surface area (Å²) in [6.07, 6.45) is 1.71. The normalized spacial score (nSPS) is 14.4. The van der Waals surface area contributed by atoms with Crippen molar-refractivity contribution in [2.75, 3.05) is 25.5 Å². The molecule has 174 valence electrons. The molecule has 2 heterocycles. The number of carbonyl (C=O) groups is 1. The summed E-state index contributed by atoms with van der Waals surface area (Å²) in [4.78, 5) is 13.0. The first-order valence-corrected chi connectivity index (χ1v) is 12.3. The monoisotopic (exact) mass is 468 g/mol. The van der Waals surface area contributed by atoms with E-state index in [9.17, 15) is 13.2 Å². The number of hydrogen-bond donors (Lipinski definition) is 1. The van der Waals surface area contributed by atoms with Gasteiger partial charge in [-0.3, -0.25) is 9.48 Å². The topological polar surface area (TPSA) is 93.5 Å². The number of anilines is 1. The van der Waals surface area contributed by atoms with Crippen LogP contribution in [0.15, 0.2) is 53.4 Å². The van der Waals surface area contributed by atoms with Gasteiger partial charge in [0.2, 0.25) is 10.0 Å². The number of benzene rings is 2. The lowest BCUT2D eigenvalue weighted by atomic mass is 10.1. The predicted molar refractivity (Wildman–Crippen MR) is 126 cm³/mol. The molecular formula is C24H28N4O4S. The van der Waals surface area contributed by atoms with Crippen LogP contribution in [0.25, 0.3) is 0 Å². The zero-order chi connectivity index (χ0) is 23.6. The number of aryl methyl sites for hydroxylation is 2. The number of carbonyl (C=O) groups excluding carboxylic acids is 1. The van der Waals surface area contributed by atoms with E-state index in [1.807, 2.05) is 36.7 Å². The maximum absolute atomic E-state index is 12.9. The van der Waals surface area contributed by atoms with E-state index in [1.54, 1.807) is 18.2 Å². The Morgan fingerprint density at radius 1 is 1.06 bits per heavy atom. The van der Waals surface area contributed by atoms with Gasteiger partial charge in [-0.1, -0.05) is 12.1 Å². The molecule has 1 fully saturated rings. The summed E-state index contributed by atoms with van der Waals surface area (Å²) < 4.78 is 34.6. The molecule has 1 aromatic heterocycles. The Morgan fingerprint density at radius 2 is 1.76 bits per heavy atom. The van der Waals surface area contributed by atoms with Gasteiger partial charge in [-0.2, -0.15) is 9.40 Å². The molecule has 1 amide bonds. The third-order valence-electron chi connectivity index (χ3n) is 5.77. The van der Waals surface area contributed by atoms with Crippen LogP contribution in [0.1, 0.15) is 40.2 Å². The Balaban J connectivity index is 1.52. The number of aromatic nitrogens is 2. The summed E-state index contributed by atoms with van der Waals surface area (Å²) >= 11 is 0. The van der Waals surface area contributed by atoms with Gasteiger partial charge in [-0.05, 0) is 68.7 Å². The summed E-state index contributed by atoms with van der Waals surface area (Å²) in [6, 6.07) is 13.8. The SMILES string of the molecule is COc1ccc(S(=O)(=O)N2CCCC2)cc1NC(=O)c1ccc(Cn2nc(C)cc2C)cc1. The van der Waals surface area contributed by atoms with Gasteiger partial charge < -0.3 is 10.1 Å². The molecule has 3 aromatic rings. The number of nitrogens with one attached hydrogen (secondary N) is 1. The number of rotatable bonds is 7. The summed E-state index contributed by atoms with van der Waals surface area (Å²) in [5.41, 5.74) is 3.84. The first-order chi connectivity index (χ1) is 15.8. The first-order valence-electron chi connectivity index (χ1n) is 10.9. The largest absolute Gasteiger partial charge is 0.495 e. The summed E-state index contributed by atoms with van der Waals surface area (Å²) in [5, 5.41) is 7.26. The van der Waals surface area contributed by atoms with E-state index in [4.69, 9.17) is 4.74 Å². The van der Waals surface area contributed by atoms with Crippen molar-refractivity contribution in [3.05, 3.63) is 71.0 Å². The minimum Gasteiger partial charge on any atom is -0.495 e. The van der Waals surface area contributed by atoms with Crippen LogP contribution >= 0.6 is 0 Å². The van der Waals surface area contributed by atoms with Crippen molar-refractivity contribution in [1.82, 2.24) is 14.1 Å². The number of ether oxygens (including phenoxy) is 1. The second-order valence-corrected chi connectivity index (χ2v) is 10.1. The average Bonchev–Trinajstić information content (AvgIpc) is 3.44. The van der Waals surface area contributed by atoms with Crippen molar-refractivity contribution in [2.24, 2.45) is 0 Å². The quantitative estimate of drug-likeness (QED) is 0.572. The van der Waals surface area contributed by atoms with Crippen LogP contribution in [0.4, 0.5) is 5.69 Å². The van der Waals surface area contributed by atoms with Crippen LogP contribution in [0.3, 0.4) is 0 Å². The molecule has 1 saturated heterocycles. The molecule has 0 bridgehead atoms. The molecule has 2 aromatic carbocycles. The smallest absolute Gasteiger partial charge is 0.255 e. The molecule has 1 aliphatic heterocycles. The van der Waals surface area contributed by atoms with E-state index in [-0.39, 0.29) is 10.8 Å². The van der Waals surface area contributed by atoms with Gasteiger partial charge in [-0.15, -0.1) is 0 Å². The van der Waals surface area contributed by atoms with Crippen LogP contribution in [0.2, 0.25) is 0 Å². The summed E-state index contributed by atoms with van der Waals surface area (Å²) in [5.74, 6) is 0.0477. The van der Waals surface area contributed by atoms with Crippen LogP contribution in [0.5, 0.6) is 5.75 Å². The molecule has 0 radical (unpaired) electrons. The zero-order valence-corrected chi connectivity index (χ0v) is 19.9. The van der Waals surface area contributed by atoms with Gasteiger partial charge in [0.1, 0.15) is 5.75 Å². The maximum Gasteiger partial charge on any atom is 0.255 e. The Bertz CT molecular complexity index is 1260. The van der Waals surface area contributed by atoms with Gasteiger partial charge in [0.25, 0.3) is 5.91 Å². The fourth-order valence-electron chi connectivity index (χ4n) is 3.99. The highest BCUT2D eigenvalue weighted by molar-refractivity contribution is 7.89. The lowest BCUT2D eigenvalue weighted by molar-refractivity contribution is 0.102. The summed E-state index contributed by atoms with van der Waals surface area (Å²) in [6.45, 7) is 5.61. The van der Waals surface area contributed by atoms with Crippen molar-refractivity contribution in [1.29, 1.82) is 0 Å². The molecule has 0 spiro atoms. The van der Waals surface area contributed by atoms with Crippen molar-refractivity contribution in [2.45, 2.75) is 38.1 Å². The fourth-order valence-corrected chi connectivity index (χ4v) is 5.53. The van der Waals surface area contributed by atoms with Crippen LogP contribution < -0.4 is 10.1 Å². The fraction of sp³-hybridized carbons (Fsp3) is 0.333. The summed E-state index contributed by atoms with van der Waals surface area (Å²) in [7, 11) is -2.13. The third kappa shape index (κ3) is 4.94. The third-order valence-corrected chi connectivity index (χ3v) is 7.67. The van der Waals surface area contributed by atoms with Crippen LogP contribution in [-0.4, -0.2) is 48.6 Å². The zero-order valence-electron chi connectivity index (χ0n) is 19.0. The van der Waals surface area contributed by atoms with Gasteiger partial charge in [0.05, 0.1) is 29.9 Å². The van der Waals surface area contributed by atoms with Crippen molar-refractivity contribution in [3.63, 3.8) is 0 Å². The molecule has 4 rings (SSSR count). The molecule has 0 aliphatic carbocycles. The number of sulfonamides is 1. The second kappa shape index (κ2) is 9.36. The maximum atomic E-state index is 12.9. The van der Waals surface area contributed by atoms with Crippen molar-refractivity contribution in [3.8, 4) is 5.75 Å². The van der Waals surface area contributed by atoms with Gasteiger partial charge in [-0.25, -0.2) is 8.42 Å². The average molecular weight is 469 g/mol. The number of hydrogen-bond acceptors (Lipinski definition) is 5. The Kier molecular flexibility index (Phi) is 6.53. The van der Waals surface area contributed by atoms with E-state index in [0.29, 0.717) is 36.6 Å². The lowest BCUT2D eigenvalue weighted by Crippen LogP contribution is -2.28. The highest BCUT2D eigenvalue weighted by Crippen LogP contribution is 2.30. The van der Waals surface area contributed by atoms with E-state index >= 15 is 0 Å². The molecule has 0 unspecified atom stereocenters. The predicted octanol–water partition coefficient (Wildman–Crippen LogP) is 3.59. The van der Waals surface area contributed by atoms with E-state index in [2.05, 4.69) is 10.4 Å². The Labute approximate surface area is 194 Å². The molecule has 1 N–H and O–H groups in total. The number of methoxy groups -OCH3 is 1. The van der Waals surface area contributed by atoms with Gasteiger partial charge in [0, 0.05) is 24.3 Å². The standard InChI is InChI=1S/C24H28N4O4S/c1-17-14-18(2)28(26-17)16-19-6-8-20(9-7-19)24(29)25-22-15-21(10-11-23(22)32-3)33(30,31)27-12-4-5-13-27/h6-11,14-15H,4-5,12-13,16H2,1-3H3,(H,25,29). The van der Waals surface area contributed by atoms with Gasteiger partial charge >= 0.3 is 0 Å². The molecular weight excluding hydrogens is 440 g/mol. The van der Waals surface area contributed by atoms with E-state index < -0.39 is 10.0 Å². The number of nitrogens with zero attached hydrogens (tertiary/aromatic N) is 3. The molecule has 9 heteroatoms.